The molecule has 1 aliphatic carbocycles. The molecule has 2 aromatic carbocycles. The zero-order chi connectivity index (χ0) is 25.7. The summed E-state index contributed by atoms with van der Waals surface area (Å²) in [6.45, 7) is 3.97. The van der Waals surface area contributed by atoms with Gasteiger partial charge in [0, 0.05) is 12.0 Å². The van der Waals surface area contributed by atoms with Crippen LogP contribution in [0.1, 0.15) is 50.8 Å². The van der Waals surface area contributed by atoms with Crippen LogP contribution < -0.4 is 29.4 Å². The van der Waals surface area contributed by atoms with Gasteiger partial charge in [0.2, 0.25) is 5.75 Å². The number of benzene rings is 2. The van der Waals surface area contributed by atoms with Crippen LogP contribution in [-0.2, 0) is 16.0 Å². The molecule has 8 heteroatoms. The van der Waals surface area contributed by atoms with Crippen LogP contribution in [0.3, 0.4) is 0 Å². The first-order valence-electron chi connectivity index (χ1n) is 11.5. The van der Waals surface area contributed by atoms with Gasteiger partial charge in [-0.15, -0.1) is 0 Å². The van der Waals surface area contributed by atoms with Crippen molar-refractivity contribution >= 4 is 17.3 Å². The lowest BCUT2D eigenvalue weighted by Crippen LogP contribution is -2.35. The van der Waals surface area contributed by atoms with Crippen LogP contribution in [0.25, 0.3) is 5.57 Å². The smallest absolute Gasteiger partial charge is 0.328 e. The molecular formula is C28H37NO7. The summed E-state index contributed by atoms with van der Waals surface area (Å²) in [5.41, 5.74) is 8.93. The fourth-order valence-electron chi connectivity index (χ4n) is 4.21. The van der Waals surface area contributed by atoms with Gasteiger partial charge < -0.3 is 29.4 Å². The van der Waals surface area contributed by atoms with Gasteiger partial charge in [0.1, 0.15) is 6.04 Å². The van der Waals surface area contributed by atoms with Gasteiger partial charge in [0.25, 0.3) is 0 Å². The van der Waals surface area contributed by atoms with Crippen LogP contribution in [0.4, 0.5) is 0 Å². The molecule has 1 atom stereocenters. The number of ether oxygens (including phenoxy) is 5. The molecule has 36 heavy (non-hydrogen) atoms. The summed E-state index contributed by atoms with van der Waals surface area (Å²) in [5.74, 6) is 1.71. The number of rotatable bonds is 9. The Labute approximate surface area is 213 Å². The molecule has 0 radical (unpaired) electrons. The summed E-state index contributed by atoms with van der Waals surface area (Å²) in [6, 6.07) is 6.25. The SMILES string of the molecule is C.COc1ccc(C2=CC(=O)CCc3c2cc(OC)c(OC)c3OC)cc1OC(=O)C(N)CC(C)C. The normalized spacial score (nSPS) is 13.6. The van der Waals surface area contributed by atoms with Gasteiger partial charge in [-0.25, -0.2) is 4.79 Å². The number of fused-ring (bicyclic) bond motifs is 1. The van der Waals surface area contributed by atoms with Crippen molar-refractivity contribution in [2.24, 2.45) is 11.7 Å². The molecule has 0 saturated carbocycles. The quantitative estimate of drug-likeness (QED) is 0.395. The lowest BCUT2D eigenvalue weighted by molar-refractivity contribution is -0.136. The number of esters is 1. The Morgan fingerprint density at radius 3 is 2.17 bits per heavy atom. The van der Waals surface area contributed by atoms with Crippen LogP contribution >= 0.6 is 0 Å². The van der Waals surface area contributed by atoms with E-state index in [0.717, 1.165) is 11.1 Å². The predicted molar refractivity (Wildman–Crippen MR) is 139 cm³/mol. The number of hydrogen-bond donors (Lipinski definition) is 1. The highest BCUT2D eigenvalue weighted by molar-refractivity contribution is 6.03. The predicted octanol–water partition coefficient (Wildman–Crippen LogP) is 4.58. The molecule has 0 fully saturated rings. The van der Waals surface area contributed by atoms with Crippen molar-refractivity contribution in [3.8, 4) is 28.7 Å². The molecule has 1 aliphatic rings. The third-order valence-electron chi connectivity index (χ3n) is 5.86. The lowest BCUT2D eigenvalue weighted by Gasteiger charge is -2.20. The topological polar surface area (TPSA) is 106 Å². The zero-order valence-corrected chi connectivity index (χ0v) is 21.1. The van der Waals surface area contributed by atoms with E-state index in [1.165, 1.54) is 7.11 Å². The standard InChI is InChI=1S/C27H33NO7.CH4/c1-15(2)11-21(28)27(30)35-23-12-16(7-10-22(23)31-3)19-13-17(29)8-9-18-20(19)14-24(32-4)26(34-6)25(18)33-5;/h7,10,12-15,21H,8-9,11,28H2,1-6H3;1H4. The minimum atomic E-state index is -0.760. The second-order valence-electron chi connectivity index (χ2n) is 8.72. The Balaban J connectivity index is 0.00000456. The van der Waals surface area contributed by atoms with Gasteiger partial charge >= 0.3 is 5.97 Å². The highest BCUT2D eigenvalue weighted by Crippen LogP contribution is 2.47. The summed E-state index contributed by atoms with van der Waals surface area (Å²) >= 11 is 0. The van der Waals surface area contributed by atoms with Crippen molar-refractivity contribution in [2.45, 2.75) is 46.6 Å². The van der Waals surface area contributed by atoms with Crippen molar-refractivity contribution < 1.29 is 33.3 Å². The van der Waals surface area contributed by atoms with E-state index in [-0.39, 0.29) is 24.9 Å². The van der Waals surface area contributed by atoms with Gasteiger partial charge in [-0.2, -0.15) is 0 Å². The van der Waals surface area contributed by atoms with Crippen LogP contribution in [0, 0.1) is 5.92 Å². The van der Waals surface area contributed by atoms with Crippen LogP contribution in [0.5, 0.6) is 28.7 Å². The summed E-state index contributed by atoms with van der Waals surface area (Å²) in [7, 11) is 6.13. The Morgan fingerprint density at radius 1 is 0.917 bits per heavy atom. The lowest BCUT2D eigenvalue weighted by atomic mass is 9.92. The summed E-state index contributed by atoms with van der Waals surface area (Å²) < 4.78 is 27.8. The highest BCUT2D eigenvalue weighted by atomic mass is 16.6. The molecular weight excluding hydrogens is 462 g/mol. The first-order valence-corrected chi connectivity index (χ1v) is 11.5. The molecule has 196 valence electrons. The number of methoxy groups -OCH3 is 4. The van der Waals surface area contributed by atoms with E-state index in [9.17, 15) is 9.59 Å². The number of carbonyl (C=O) groups excluding carboxylic acids is 2. The van der Waals surface area contributed by atoms with Crippen LogP contribution in [0.15, 0.2) is 30.3 Å². The number of nitrogens with two attached hydrogens (primary N) is 1. The first-order chi connectivity index (χ1) is 16.7. The number of carbonyl (C=O) groups is 2. The van der Waals surface area contributed by atoms with E-state index in [1.807, 2.05) is 26.0 Å². The van der Waals surface area contributed by atoms with Gasteiger partial charge in [0.15, 0.2) is 28.8 Å². The minimum absolute atomic E-state index is 0. The van der Waals surface area contributed by atoms with Gasteiger partial charge in [0.05, 0.1) is 28.4 Å². The first kappa shape index (κ1) is 28.7. The Kier molecular flexibility index (Phi) is 9.93. The molecule has 0 bridgehead atoms. The Bertz CT molecular complexity index is 1140. The molecule has 8 nitrogen and oxygen atoms in total. The maximum Gasteiger partial charge on any atom is 0.328 e. The fourth-order valence-corrected chi connectivity index (χ4v) is 4.21. The molecule has 0 aromatic heterocycles. The summed E-state index contributed by atoms with van der Waals surface area (Å²) in [5, 5.41) is 0. The van der Waals surface area contributed by atoms with Gasteiger partial charge in [-0.3, -0.25) is 4.79 Å². The Hall–Kier alpha value is -3.52. The molecule has 0 amide bonds. The number of ketones is 1. The number of allylic oxidation sites excluding steroid dienone is 1. The van der Waals surface area contributed by atoms with Crippen molar-refractivity contribution in [3.05, 3.63) is 47.0 Å². The minimum Gasteiger partial charge on any atom is -0.493 e. The third kappa shape index (κ3) is 5.99. The van der Waals surface area contributed by atoms with Gasteiger partial charge in [-0.1, -0.05) is 27.3 Å². The summed E-state index contributed by atoms with van der Waals surface area (Å²) in [6.07, 6.45) is 2.87. The average molecular weight is 500 g/mol. The van der Waals surface area contributed by atoms with Crippen molar-refractivity contribution in [3.63, 3.8) is 0 Å². The number of hydrogen-bond acceptors (Lipinski definition) is 8. The molecule has 2 N–H and O–H groups in total. The van der Waals surface area contributed by atoms with Crippen LogP contribution in [0.2, 0.25) is 0 Å². The van der Waals surface area contributed by atoms with E-state index in [1.54, 1.807) is 39.5 Å². The molecule has 0 spiro atoms. The highest BCUT2D eigenvalue weighted by Gasteiger charge is 2.27. The van der Waals surface area contributed by atoms with Crippen molar-refractivity contribution in [1.29, 1.82) is 0 Å². The largest absolute Gasteiger partial charge is 0.493 e. The van der Waals surface area contributed by atoms with E-state index < -0.39 is 12.0 Å². The summed E-state index contributed by atoms with van der Waals surface area (Å²) in [4.78, 5) is 25.3. The molecule has 2 aromatic rings. The average Bonchev–Trinajstić information content (AvgIpc) is 3.00. The van der Waals surface area contributed by atoms with E-state index in [2.05, 4.69) is 0 Å². The van der Waals surface area contributed by atoms with Gasteiger partial charge in [-0.05, 0) is 59.7 Å². The van der Waals surface area contributed by atoms with E-state index >= 15 is 0 Å². The molecule has 0 aliphatic heterocycles. The third-order valence-corrected chi connectivity index (χ3v) is 5.86. The van der Waals surface area contributed by atoms with Crippen molar-refractivity contribution in [2.75, 3.05) is 28.4 Å². The fraction of sp³-hybridized carbons (Fsp3) is 0.429. The van der Waals surface area contributed by atoms with E-state index in [0.29, 0.717) is 53.4 Å². The van der Waals surface area contributed by atoms with Crippen LogP contribution in [-0.4, -0.2) is 46.2 Å². The second-order valence-corrected chi connectivity index (χ2v) is 8.72. The van der Waals surface area contributed by atoms with E-state index in [4.69, 9.17) is 29.4 Å². The maximum atomic E-state index is 12.7. The second kappa shape index (κ2) is 12.4. The van der Waals surface area contributed by atoms with Crippen molar-refractivity contribution in [1.82, 2.24) is 0 Å². The monoisotopic (exact) mass is 499 g/mol. The Morgan fingerprint density at radius 2 is 1.58 bits per heavy atom. The molecule has 3 rings (SSSR count). The molecule has 0 saturated heterocycles. The molecule has 1 unspecified atom stereocenters. The molecule has 0 heterocycles. The maximum absolute atomic E-state index is 12.7. The zero-order valence-electron chi connectivity index (χ0n) is 21.1.